The number of aliphatic hydroxyl groups is 1. The van der Waals surface area contributed by atoms with Gasteiger partial charge in [-0.25, -0.2) is 4.98 Å². The van der Waals surface area contributed by atoms with E-state index in [1.165, 1.54) is 5.01 Å². The quantitative estimate of drug-likeness (QED) is 0.770. The van der Waals surface area contributed by atoms with Crippen LogP contribution in [0.2, 0.25) is 0 Å². The highest BCUT2D eigenvalue weighted by atomic mass is 32.1. The molecule has 0 aliphatic rings. The molecule has 0 amide bonds. The molecule has 0 spiro atoms. The molecule has 0 bridgehead atoms. The number of nitrogens with zero attached hydrogens (tertiary/aromatic N) is 1. The molecule has 0 aromatic carbocycles. The Kier molecular flexibility index (Phi) is 5.95. The maximum atomic E-state index is 9.24. The first kappa shape index (κ1) is 13.6. The lowest BCUT2D eigenvalue weighted by Crippen LogP contribution is -2.23. The van der Waals surface area contributed by atoms with E-state index in [2.05, 4.69) is 29.5 Å². The molecule has 0 saturated carbocycles. The van der Waals surface area contributed by atoms with Gasteiger partial charge in [-0.3, -0.25) is 0 Å². The highest BCUT2D eigenvalue weighted by molar-refractivity contribution is 7.09. The number of hydrogen-bond acceptors (Lipinski definition) is 4. The summed E-state index contributed by atoms with van der Waals surface area (Å²) in [6.45, 7) is 7.88. The molecule has 1 heterocycles. The lowest BCUT2D eigenvalue weighted by molar-refractivity contribution is 0.163. The number of aliphatic hydroxyl groups excluding tert-OH is 1. The summed E-state index contributed by atoms with van der Waals surface area (Å²) in [5.74, 6) is 0.504. The van der Waals surface area contributed by atoms with Crippen LogP contribution in [0.3, 0.4) is 0 Å². The minimum Gasteiger partial charge on any atom is -0.393 e. The van der Waals surface area contributed by atoms with Gasteiger partial charge < -0.3 is 10.4 Å². The van der Waals surface area contributed by atoms with Crippen molar-refractivity contribution in [2.24, 2.45) is 5.92 Å². The molecule has 0 aliphatic carbocycles. The molecule has 0 radical (unpaired) electrons. The molecule has 1 aromatic rings. The molecular formula is C12H22N2OS. The summed E-state index contributed by atoms with van der Waals surface area (Å²) in [6.07, 6.45) is 1.66. The molecule has 3 nitrogen and oxygen atoms in total. The average molecular weight is 242 g/mol. The zero-order chi connectivity index (χ0) is 12.0. The predicted molar refractivity (Wildman–Crippen MR) is 68.7 cm³/mol. The van der Waals surface area contributed by atoms with E-state index in [0.29, 0.717) is 5.92 Å². The number of rotatable bonds is 7. The van der Waals surface area contributed by atoms with Gasteiger partial charge in [0.1, 0.15) is 0 Å². The lowest BCUT2D eigenvalue weighted by Gasteiger charge is -2.13. The molecule has 2 unspecified atom stereocenters. The number of aryl methyl sites for hydroxylation is 1. The highest BCUT2D eigenvalue weighted by Gasteiger charge is 2.06. The van der Waals surface area contributed by atoms with Crippen LogP contribution in [0.25, 0.3) is 0 Å². The zero-order valence-corrected chi connectivity index (χ0v) is 11.2. The molecule has 4 heteroatoms. The van der Waals surface area contributed by atoms with Crippen molar-refractivity contribution in [2.45, 2.75) is 46.3 Å². The fourth-order valence-electron chi connectivity index (χ4n) is 1.70. The van der Waals surface area contributed by atoms with Crippen LogP contribution in [0.4, 0.5) is 0 Å². The van der Waals surface area contributed by atoms with Crippen LogP contribution in [-0.4, -0.2) is 22.7 Å². The SMILES string of the molecule is CCc1nc(CNCC(C)CC(C)O)cs1. The van der Waals surface area contributed by atoms with Gasteiger partial charge >= 0.3 is 0 Å². The first-order chi connectivity index (χ1) is 7.61. The van der Waals surface area contributed by atoms with Crippen LogP contribution in [0.5, 0.6) is 0 Å². The third-order valence-electron chi connectivity index (χ3n) is 2.44. The van der Waals surface area contributed by atoms with E-state index < -0.39 is 0 Å². The summed E-state index contributed by atoms with van der Waals surface area (Å²) in [5.41, 5.74) is 1.13. The summed E-state index contributed by atoms with van der Waals surface area (Å²) in [7, 11) is 0. The molecule has 2 atom stereocenters. The van der Waals surface area contributed by atoms with E-state index in [4.69, 9.17) is 0 Å². The Balaban J connectivity index is 2.19. The minimum absolute atomic E-state index is 0.206. The van der Waals surface area contributed by atoms with Crippen LogP contribution < -0.4 is 5.32 Å². The molecule has 0 aliphatic heterocycles. The van der Waals surface area contributed by atoms with E-state index in [9.17, 15) is 5.11 Å². The van der Waals surface area contributed by atoms with Gasteiger partial charge in [-0.05, 0) is 32.2 Å². The van der Waals surface area contributed by atoms with Crippen LogP contribution in [0.1, 0.15) is 37.9 Å². The fourth-order valence-corrected chi connectivity index (χ4v) is 2.45. The zero-order valence-electron chi connectivity index (χ0n) is 10.4. The fraction of sp³-hybridized carbons (Fsp3) is 0.750. The third kappa shape index (κ3) is 5.05. The molecule has 1 aromatic heterocycles. The Morgan fingerprint density at radius 1 is 1.50 bits per heavy atom. The standard InChI is InChI=1S/C12H22N2OS/c1-4-12-14-11(8-16-12)7-13-6-9(2)5-10(3)15/h8-10,13,15H,4-7H2,1-3H3. The topological polar surface area (TPSA) is 45.2 Å². The molecular weight excluding hydrogens is 220 g/mol. The Hall–Kier alpha value is -0.450. The summed E-state index contributed by atoms with van der Waals surface area (Å²) in [5, 5.41) is 15.9. The maximum Gasteiger partial charge on any atom is 0.0926 e. The number of nitrogens with one attached hydrogen (secondary N) is 1. The monoisotopic (exact) mass is 242 g/mol. The van der Waals surface area contributed by atoms with Gasteiger partial charge in [0.25, 0.3) is 0 Å². The summed E-state index contributed by atoms with van der Waals surface area (Å²) < 4.78 is 0. The van der Waals surface area contributed by atoms with Crippen molar-refractivity contribution >= 4 is 11.3 Å². The van der Waals surface area contributed by atoms with E-state index in [1.54, 1.807) is 11.3 Å². The van der Waals surface area contributed by atoms with Gasteiger partial charge in [-0.1, -0.05) is 13.8 Å². The summed E-state index contributed by atoms with van der Waals surface area (Å²) in [6, 6.07) is 0. The molecule has 0 saturated heterocycles. The first-order valence-corrected chi connectivity index (χ1v) is 6.81. The van der Waals surface area contributed by atoms with Crippen LogP contribution >= 0.6 is 11.3 Å². The second-order valence-electron chi connectivity index (χ2n) is 4.41. The Morgan fingerprint density at radius 2 is 2.25 bits per heavy atom. The van der Waals surface area contributed by atoms with Crippen LogP contribution in [-0.2, 0) is 13.0 Å². The molecule has 92 valence electrons. The van der Waals surface area contributed by atoms with Crippen molar-refractivity contribution in [3.8, 4) is 0 Å². The highest BCUT2D eigenvalue weighted by Crippen LogP contribution is 2.10. The third-order valence-corrected chi connectivity index (χ3v) is 3.49. The van der Waals surface area contributed by atoms with E-state index in [0.717, 1.165) is 31.6 Å². The Bertz CT molecular complexity index is 299. The normalized spacial score (nSPS) is 15.0. The molecule has 1 rings (SSSR count). The van der Waals surface area contributed by atoms with E-state index in [-0.39, 0.29) is 6.10 Å². The van der Waals surface area contributed by atoms with Gasteiger partial charge in [0.2, 0.25) is 0 Å². The van der Waals surface area contributed by atoms with Gasteiger partial charge in [0.05, 0.1) is 16.8 Å². The van der Waals surface area contributed by atoms with E-state index in [1.807, 2.05) is 6.92 Å². The second-order valence-corrected chi connectivity index (χ2v) is 5.35. The second kappa shape index (κ2) is 6.99. The molecule has 2 N–H and O–H groups in total. The molecule has 0 fully saturated rings. The Labute approximate surface area is 102 Å². The largest absolute Gasteiger partial charge is 0.393 e. The van der Waals surface area contributed by atoms with E-state index >= 15 is 0 Å². The van der Waals surface area contributed by atoms with Crippen molar-refractivity contribution in [3.63, 3.8) is 0 Å². The smallest absolute Gasteiger partial charge is 0.0926 e. The minimum atomic E-state index is -0.206. The van der Waals surface area contributed by atoms with Crippen LogP contribution in [0, 0.1) is 5.92 Å². The van der Waals surface area contributed by atoms with Gasteiger partial charge in [0, 0.05) is 11.9 Å². The molecule has 16 heavy (non-hydrogen) atoms. The van der Waals surface area contributed by atoms with Crippen molar-refractivity contribution < 1.29 is 5.11 Å². The first-order valence-electron chi connectivity index (χ1n) is 5.93. The number of thiazole rings is 1. The average Bonchev–Trinajstić information content (AvgIpc) is 2.64. The number of hydrogen-bond donors (Lipinski definition) is 2. The van der Waals surface area contributed by atoms with Gasteiger partial charge in [-0.15, -0.1) is 11.3 Å². The van der Waals surface area contributed by atoms with Crippen molar-refractivity contribution in [1.82, 2.24) is 10.3 Å². The van der Waals surface area contributed by atoms with Crippen molar-refractivity contribution in [3.05, 3.63) is 16.1 Å². The Morgan fingerprint density at radius 3 is 2.81 bits per heavy atom. The van der Waals surface area contributed by atoms with Gasteiger partial charge in [0.15, 0.2) is 0 Å². The van der Waals surface area contributed by atoms with Crippen LogP contribution in [0.15, 0.2) is 5.38 Å². The van der Waals surface area contributed by atoms with Crippen molar-refractivity contribution in [2.75, 3.05) is 6.54 Å². The lowest BCUT2D eigenvalue weighted by atomic mass is 10.1. The van der Waals surface area contributed by atoms with Gasteiger partial charge in [-0.2, -0.15) is 0 Å². The maximum absolute atomic E-state index is 9.24. The summed E-state index contributed by atoms with van der Waals surface area (Å²) >= 11 is 1.73. The predicted octanol–water partition coefficient (Wildman–Crippen LogP) is 2.20. The summed E-state index contributed by atoms with van der Waals surface area (Å²) in [4.78, 5) is 4.49. The number of aromatic nitrogens is 1. The van der Waals surface area contributed by atoms with Crippen molar-refractivity contribution in [1.29, 1.82) is 0 Å².